The van der Waals surface area contributed by atoms with Crippen molar-refractivity contribution in [3.8, 4) is 0 Å². The first kappa shape index (κ1) is 8.36. The van der Waals surface area contributed by atoms with Gasteiger partial charge in [0.05, 0.1) is 0 Å². The third kappa shape index (κ3) is 3.90. The molecule has 52 valence electrons. The van der Waals surface area contributed by atoms with E-state index in [2.05, 4.69) is 18.5 Å². The van der Waals surface area contributed by atoms with Gasteiger partial charge in [-0.15, -0.1) is 0 Å². The van der Waals surface area contributed by atoms with Crippen LogP contribution in [0.4, 0.5) is 0 Å². The zero-order chi connectivity index (χ0) is 7.28. The summed E-state index contributed by atoms with van der Waals surface area (Å²) < 4.78 is 0. The van der Waals surface area contributed by atoms with Gasteiger partial charge in [0.2, 0.25) is 0 Å². The number of aliphatic hydroxyl groups is 2. The second-order valence-corrected chi connectivity index (χ2v) is 1.53. The molecule has 3 nitrogen and oxygen atoms in total. The normalized spacial score (nSPS) is 16.2. The van der Waals surface area contributed by atoms with E-state index in [-0.39, 0.29) is 0 Å². The van der Waals surface area contributed by atoms with Crippen LogP contribution in [-0.2, 0) is 0 Å². The molecule has 0 aromatic rings. The minimum Gasteiger partial charge on any atom is -0.375 e. The molecule has 0 aromatic heterocycles. The molecule has 0 spiro atoms. The molecule has 9 heavy (non-hydrogen) atoms. The lowest BCUT2D eigenvalue weighted by Gasteiger charge is -2.10. The molecule has 0 aliphatic carbocycles. The minimum atomic E-state index is -0.877. The van der Waals surface area contributed by atoms with E-state index in [0.717, 1.165) is 0 Å². The smallest absolute Gasteiger partial charge is 0.126 e. The molecule has 0 saturated heterocycles. The monoisotopic (exact) mass is 129 g/mol. The molecule has 0 bridgehead atoms. The Labute approximate surface area is 54.3 Å². The summed E-state index contributed by atoms with van der Waals surface area (Å²) in [7, 11) is 0. The van der Waals surface area contributed by atoms with Gasteiger partial charge in [0, 0.05) is 0 Å². The van der Waals surface area contributed by atoms with E-state index in [4.69, 9.17) is 10.2 Å². The molecule has 0 amide bonds. The predicted octanol–water partition coefficient (Wildman–Crippen LogP) is -0.415. The molecular formula is C6H11NO2. The lowest BCUT2D eigenvalue weighted by molar-refractivity contribution is 0.0950. The number of nitrogens with one attached hydrogen (secondary N) is 1. The third-order valence-corrected chi connectivity index (χ3v) is 0.788. The Morgan fingerprint density at radius 1 is 1.11 bits per heavy atom. The van der Waals surface area contributed by atoms with Crippen molar-refractivity contribution in [2.45, 2.75) is 12.5 Å². The molecule has 0 saturated carbocycles. The highest BCUT2D eigenvalue weighted by molar-refractivity contribution is 4.82. The molecule has 2 atom stereocenters. The fourth-order valence-electron chi connectivity index (χ4n) is 0.311. The SMILES string of the molecule is C=CC(O)NC(O)C=C. The van der Waals surface area contributed by atoms with Gasteiger partial charge in [-0.05, 0) is 12.2 Å². The Hall–Kier alpha value is -0.640. The Morgan fingerprint density at radius 3 is 1.67 bits per heavy atom. The van der Waals surface area contributed by atoms with Crippen molar-refractivity contribution in [1.29, 1.82) is 0 Å². The van der Waals surface area contributed by atoms with Crippen LogP contribution in [0.15, 0.2) is 25.3 Å². The molecular weight excluding hydrogens is 118 g/mol. The van der Waals surface area contributed by atoms with Crippen LogP contribution in [0.5, 0.6) is 0 Å². The zero-order valence-corrected chi connectivity index (χ0v) is 5.12. The lowest BCUT2D eigenvalue weighted by atomic mass is 10.5. The molecule has 3 N–H and O–H groups in total. The number of hydrogen-bond acceptors (Lipinski definition) is 3. The highest BCUT2D eigenvalue weighted by Gasteiger charge is 2.00. The highest BCUT2D eigenvalue weighted by atomic mass is 16.3. The van der Waals surface area contributed by atoms with Gasteiger partial charge in [0.25, 0.3) is 0 Å². The third-order valence-electron chi connectivity index (χ3n) is 0.788. The minimum absolute atomic E-state index is 0.877. The van der Waals surface area contributed by atoms with Crippen LogP contribution in [0, 0.1) is 0 Å². The summed E-state index contributed by atoms with van der Waals surface area (Å²) >= 11 is 0. The van der Waals surface area contributed by atoms with Gasteiger partial charge in [0.15, 0.2) is 0 Å². The van der Waals surface area contributed by atoms with Gasteiger partial charge in [-0.25, -0.2) is 0 Å². The largest absolute Gasteiger partial charge is 0.375 e. The van der Waals surface area contributed by atoms with E-state index in [9.17, 15) is 0 Å². The van der Waals surface area contributed by atoms with Crippen molar-refractivity contribution >= 4 is 0 Å². The Bertz CT molecular complexity index is 91.2. The summed E-state index contributed by atoms with van der Waals surface area (Å²) in [5.74, 6) is 0. The molecule has 0 aromatic carbocycles. The van der Waals surface area contributed by atoms with Gasteiger partial charge in [-0.2, -0.15) is 0 Å². The predicted molar refractivity (Wildman–Crippen MR) is 35.5 cm³/mol. The van der Waals surface area contributed by atoms with E-state index in [1.165, 1.54) is 12.2 Å². The summed E-state index contributed by atoms with van der Waals surface area (Å²) in [6, 6.07) is 0. The standard InChI is InChI=1S/C6H11NO2/c1-3-5(8)7-6(9)4-2/h3-9H,1-2H2. The van der Waals surface area contributed by atoms with Crippen LogP contribution in [-0.4, -0.2) is 22.7 Å². The Morgan fingerprint density at radius 2 is 1.44 bits per heavy atom. The van der Waals surface area contributed by atoms with Gasteiger partial charge in [-0.3, -0.25) is 5.32 Å². The van der Waals surface area contributed by atoms with Crippen LogP contribution < -0.4 is 5.32 Å². The van der Waals surface area contributed by atoms with Crippen LogP contribution in [0.2, 0.25) is 0 Å². The van der Waals surface area contributed by atoms with Crippen LogP contribution in [0.3, 0.4) is 0 Å². The average molecular weight is 129 g/mol. The molecule has 2 unspecified atom stereocenters. The molecule has 0 aliphatic rings. The molecule has 3 heteroatoms. The maximum Gasteiger partial charge on any atom is 0.126 e. The molecule has 0 radical (unpaired) electrons. The summed E-state index contributed by atoms with van der Waals surface area (Å²) in [6.07, 6.45) is 0.787. The maximum atomic E-state index is 8.72. The first-order valence-corrected chi connectivity index (χ1v) is 2.58. The second kappa shape index (κ2) is 4.26. The molecule has 0 fully saturated rings. The lowest BCUT2D eigenvalue weighted by Crippen LogP contribution is -2.35. The van der Waals surface area contributed by atoms with E-state index < -0.39 is 12.5 Å². The fourth-order valence-corrected chi connectivity index (χ4v) is 0.311. The summed E-state index contributed by atoms with van der Waals surface area (Å²) in [6.45, 7) is 6.58. The van der Waals surface area contributed by atoms with Crippen molar-refractivity contribution in [2.24, 2.45) is 0 Å². The van der Waals surface area contributed by atoms with Crippen molar-refractivity contribution in [3.05, 3.63) is 25.3 Å². The molecule has 0 rings (SSSR count). The average Bonchev–Trinajstić information content (AvgIpc) is 1.87. The van der Waals surface area contributed by atoms with Crippen molar-refractivity contribution in [1.82, 2.24) is 5.32 Å². The summed E-state index contributed by atoms with van der Waals surface area (Å²) in [5.41, 5.74) is 0. The van der Waals surface area contributed by atoms with Crippen LogP contribution in [0.25, 0.3) is 0 Å². The van der Waals surface area contributed by atoms with Crippen molar-refractivity contribution in [2.75, 3.05) is 0 Å². The van der Waals surface area contributed by atoms with Crippen LogP contribution >= 0.6 is 0 Å². The molecule has 0 aliphatic heterocycles. The first-order chi connectivity index (χ1) is 4.20. The van der Waals surface area contributed by atoms with Gasteiger partial charge in [-0.1, -0.05) is 13.2 Å². The van der Waals surface area contributed by atoms with Gasteiger partial charge < -0.3 is 10.2 Å². The molecule has 0 heterocycles. The van der Waals surface area contributed by atoms with E-state index in [0.29, 0.717) is 0 Å². The first-order valence-electron chi connectivity index (χ1n) is 2.58. The van der Waals surface area contributed by atoms with Crippen LogP contribution in [0.1, 0.15) is 0 Å². The second-order valence-electron chi connectivity index (χ2n) is 1.53. The fraction of sp³-hybridized carbons (Fsp3) is 0.333. The summed E-state index contributed by atoms with van der Waals surface area (Å²) in [5, 5.41) is 19.8. The van der Waals surface area contributed by atoms with Crippen molar-refractivity contribution in [3.63, 3.8) is 0 Å². The number of hydrogen-bond donors (Lipinski definition) is 3. The van der Waals surface area contributed by atoms with E-state index in [1.807, 2.05) is 0 Å². The topological polar surface area (TPSA) is 52.5 Å². The Kier molecular flexibility index (Phi) is 3.96. The van der Waals surface area contributed by atoms with Gasteiger partial charge >= 0.3 is 0 Å². The van der Waals surface area contributed by atoms with Gasteiger partial charge in [0.1, 0.15) is 12.5 Å². The maximum absolute atomic E-state index is 8.72. The Balaban J connectivity index is 3.45. The number of rotatable bonds is 4. The summed E-state index contributed by atoms with van der Waals surface area (Å²) in [4.78, 5) is 0. The quantitative estimate of drug-likeness (QED) is 0.357. The van der Waals surface area contributed by atoms with E-state index in [1.54, 1.807) is 0 Å². The highest BCUT2D eigenvalue weighted by Crippen LogP contribution is 1.81. The zero-order valence-electron chi connectivity index (χ0n) is 5.12. The van der Waals surface area contributed by atoms with Crippen molar-refractivity contribution < 1.29 is 10.2 Å². The number of aliphatic hydroxyl groups excluding tert-OH is 2. The van der Waals surface area contributed by atoms with E-state index >= 15 is 0 Å².